The van der Waals surface area contributed by atoms with Crippen LogP contribution in [0.1, 0.15) is 18.9 Å². The van der Waals surface area contributed by atoms with Gasteiger partial charge in [0.15, 0.2) is 0 Å². The van der Waals surface area contributed by atoms with Crippen LogP contribution < -0.4 is 10.5 Å². The van der Waals surface area contributed by atoms with Gasteiger partial charge in [-0.25, -0.2) is 4.98 Å². The van der Waals surface area contributed by atoms with Crippen molar-refractivity contribution >= 4 is 27.2 Å². The van der Waals surface area contributed by atoms with Gasteiger partial charge in [0.25, 0.3) is 0 Å². The van der Waals surface area contributed by atoms with Gasteiger partial charge in [-0.3, -0.25) is 0 Å². The first-order valence-electron chi connectivity index (χ1n) is 5.35. The number of hydrogen-bond acceptors (Lipinski definition) is 4. The average Bonchev–Trinajstić information content (AvgIpc) is 2.53. The Labute approximate surface area is 99.3 Å². The summed E-state index contributed by atoms with van der Waals surface area (Å²) in [4.78, 5) is 4.42. The maximum atomic E-state index is 5.94. The van der Waals surface area contributed by atoms with E-state index < -0.39 is 0 Å². The molecule has 0 aliphatic heterocycles. The molecule has 16 heavy (non-hydrogen) atoms. The molecule has 1 aromatic carbocycles. The van der Waals surface area contributed by atoms with E-state index in [1.54, 1.807) is 11.3 Å². The largest absolute Gasteiger partial charge is 0.491 e. The first kappa shape index (κ1) is 11.2. The zero-order chi connectivity index (χ0) is 11.7. The predicted molar refractivity (Wildman–Crippen MR) is 69.1 cm³/mol. The number of fused-ring (bicyclic) bond motifs is 1. The third-order valence-corrected chi connectivity index (χ3v) is 3.13. The van der Waals surface area contributed by atoms with E-state index in [2.05, 4.69) is 18.8 Å². The van der Waals surface area contributed by atoms with Crippen LogP contribution in [0.4, 0.5) is 5.69 Å². The van der Waals surface area contributed by atoms with Crippen LogP contribution in [0.15, 0.2) is 12.1 Å². The summed E-state index contributed by atoms with van der Waals surface area (Å²) in [6, 6.07) is 3.87. The molecule has 2 rings (SSSR count). The van der Waals surface area contributed by atoms with E-state index >= 15 is 0 Å². The molecule has 86 valence electrons. The van der Waals surface area contributed by atoms with Crippen molar-refractivity contribution in [2.24, 2.45) is 5.92 Å². The van der Waals surface area contributed by atoms with E-state index in [1.807, 2.05) is 19.1 Å². The standard InChI is InChI=1S/C12H16N2OS/c1-7(2)6-15-11-5-10-12(4-9(11)13)16-8(3)14-10/h4-5,7H,6,13H2,1-3H3. The van der Waals surface area contributed by atoms with Crippen LogP contribution in [-0.2, 0) is 0 Å². The fourth-order valence-electron chi connectivity index (χ4n) is 1.47. The summed E-state index contributed by atoms with van der Waals surface area (Å²) in [6.07, 6.45) is 0. The van der Waals surface area contributed by atoms with E-state index in [9.17, 15) is 0 Å². The van der Waals surface area contributed by atoms with Crippen LogP contribution in [0.25, 0.3) is 10.2 Å². The average molecular weight is 236 g/mol. The normalized spacial score (nSPS) is 11.2. The maximum Gasteiger partial charge on any atom is 0.144 e. The Hall–Kier alpha value is -1.29. The Morgan fingerprint density at radius 3 is 2.88 bits per heavy atom. The lowest BCUT2D eigenvalue weighted by molar-refractivity contribution is 0.273. The minimum Gasteiger partial charge on any atom is -0.491 e. The van der Waals surface area contributed by atoms with Crippen molar-refractivity contribution in [3.63, 3.8) is 0 Å². The minimum atomic E-state index is 0.493. The number of ether oxygens (including phenoxy) is 1. The molecule has 0 fully saturated rings. The van der Waals surface area contributed by atoms with E-state index in [-0.39, 0.29) is 0 Å². The molecule has 0 atom stereocenters. The van der Waals surface area contributed by atoms with Gasteiger partial charge in [0, 0.05) is 6.07 Å². The zero-order valence-corrected chi connectivity index (χ0v) is 10.6. The summed E-state index contributed by atoms with van der Waals surface area (Å²) in [5, 5.41) is 1.05. The third-order valence-electron chi connectivity index (χ3n) is 2.20. The van der Waals surface area contributed by atoms with Crippen LogP contribution in [0.5, 0.6) is 5.75 Å². The third kappa shape index (κ3) is 2.27. The quantitative estimate of drug-likeness (QED) is 0.832. The highest BCUT2D eigenvalue weighted by molar-refractivity contribution is 7.18. The SMILES string of the molecule is Cc1nc2cc(OCC(C)C)c(N)cc2s1. The second kappa shape index (κ2) is 4.29. The first-order chi connectivity index (χ1) is 7.56. The molecule has 2 aromatic rings. The molecular weight excluding hydrogens is 220 g/mol. The highest BCUT2D eigenvalue weighted by atomic mass is 32.1. The Balaban J connectivity index is 2.34. The van der Waals surface area contributed by atoms with Crippen molar-refractivity contribution in [3.05, 3.63) is 17.1 Å². The number of rotatable bonds is 3. The minimum absolute atomic E-state index is 0.493. The molecule has 0 spiro atoms. The topological polar surface area (TPSA) is 48.1 Å². The van der Waals surface area contributed by atoms with Crippen molar-refractivity contribution in [1.29, 1.82) is 0 Å². The molecule has 0 bridgehead atoms. The predicted octanol–water partition coefficient (Wildman–Crippen LogP) is 3.22. The molecule has 2 N–H and O–H groups in total. The fraction of sp³-hybridized carbons (Fsp3) is 0.417. The molecule has 4 heteroatoms. The number of aromatic nitrogens is 1. The van der Waals surface area contributed by atoms with Crippen molar-refractivity contribution in [2.75, 3.05) is 12.3 Å². The number of benzene rings is 1. The Kier molecular flexibility index (Phi) is 3.01. The van der Waals surface area contributed by atoms with Crippen molar-refractivity contribution in [1.82, 2.24) is 4.98 Å². The molecule has 0 aliphatic rings. The van der Waals surface area contributed by atoms with E-state index in [1.165, 1.54) is 0 Å². The summed E-state index contributed by atoms with van der Waals surface area (Å²) in [5.74, 6) is 1.23. The van der Waals surface area contributed by atoms with Crippen LogP contribution in [0.2, 0.25) is 0 Å². The Bertz CT molecular complexity index is 505. The van der Waals surface area contributed by atoms with Crippen molar-refractivity contribution in [3.8, 4) is 5.75 Å². The number of anilines is 1. The summed E-state index contributed by atoms with van der Waals surface area (Å²) >= 11 is 1.65. The van der Waals surface area contributed by atoms with Gasteiger partial charge in [-0.1, -0.05) is 13.8 Å². The first-order valence-corrected chi connectivity index (χ1v) is 6.17. The van der Waals surface area contributed by atoms with E-state index in [4.69, 9.17) is 10.5 Å². The van der Waals surface area contributed by atoms with Gasteiger partial charge in [0.1, 0.15) is 5.75 Å². The lowest BCUT2D eigenvalue weighted by Crippen LogP contribution is -2.06. The number of nitrogen functional groups attached to an aromatic ring is 1. The van der Waals surface area contributed by atoms with Gasteiger partial charge in [-0.2, -0.15) is 0 Å². The fourth-order valence-corrected chi connectivity index (χ4v) is 2.32. The summed E-state index contributed by atoms with van der Waals surface area (Å²) < 4.78 is 6.77. The molecule has 0 saturated carbocycles. The lowest BCUT2D eigenvalue weighted by atomic mass is 10.2. The molecule has 1 aromatic heterocycles. The maximum absolute atomic E-state index is 5.94. The highest BCUT2D eigenvalue weighted by Crippen LogP contribution is 2.31. The number of nitrogens with two attached hydrogens (primary N) is 1. The van der Waals surface area contributed by atoms with E-state index in [0.29, 0.717) is 18.2 Å². The molecule has 0 aliphatic carbocycles. The van der Waals surface area contributed by atoms with Crippen LogP contribution in [0.3, 0.4) is 0 Å². The van der Waals surface area contributed by atoms with E-state index in [0.717, 1.165) is 21.0 Å². The van der Waals surface area contributed by atoms with Crippen LogP contribution in [-0.4, -0.2) is 11.6 Å². The monoisotopic (exact) mass is 236 g/mol. The number of thiazole rings is 1. The molecule has 3 nitrogen and oxygen atoms in total. The molecular formula is C12H16N2OS. The molecule has 0 saturated heterocycles. The summed E-state index contributed by atoms with van der Waals surface area (Å²) in [6.45, 7) is 6.90. The van der Waals surface area contributed by atoms with Gasteiger partial charge >= 0.3 is 0 Å². The van der Waals surface area contributed by atoms with Gasteiger partial charge in [0.05, 0.1) is 27.5 Å². The molecule has 0 unspecified atom stereocenters. The molecule has 1 heterocycles. The van der Waals surface area contributed by atoms with Crippen LogP contribution >= 0.6 is 11.3 Å². The smallest absolute Gasteiger partial charge is 0.144 e. The second-order valence-corrected chi connectivity index (χ2v) is 5.53. The number of aryl methyl sites for hydroxylation is 1. The Morgan fingerprint density at radius 2 is 2.19 bits per heavy atom. The second-order valence-electron chi connectivity index (χ2n) is 4.30. The Morgan fingerprint density at radius 1 is 1.44 bits per heavy atom. The van der Waals surface area contributed by atoms with Gasteiger partial charge < -0.3 is 10.5 Å². The van der Waals surface area contributed by atoms with Gasteiger partial charge in [-0.15, -0.1) is 11.3 Å². The highest BCUT2D eigenvalue weighted by Gasteiger charge is 2.07. The van der Waals surface area contributed by atoms with Crippen molar-refractivity contribution in [2.45, 2.75) is 20.8 Å². The molecule has 0 amide bonds. The lowest BCUT2D eigenvalue weighted by Gasteiger charge is -2.10. The zero-order valence-electron chi connectivity index (χ0n) is 9.78. The van der Waals surface area contributed by atoms with Crippen molar-refractivity contribution < 1.29 is 4.74 Å². The molecule has 0 radical (unpaired) electrons. The van der Waals surface area contributed by atoms with Gasteiger partial charge in [0.2, 0.25) is 0 Å². The summed E-state index contributed by atoms with van der Waals surface area (Å²) in [5.41, 5.74) is 7.60. The number of hydrogen-bond donors (Lipinski definition) is 1. The van der Waals surface area contributed by atoms with Crippen LogP contribution in [0, 0.1) is 12.8 Å². The number of nitrogens with zero attached hydrogens (tertiary/aromatic N) is 1. The van der Waals surface area contributed by atoms with Gasteiger partial charge in [-0.05, 0) is 18.9 Å². The summed E-state index contributed by atoms with van der Waals surface area (Å²) in [7, 11) is 0.